The maximum Gasteiger partial charge on any atom is 0.255 e. The fraction of sp³-hybridized carbons (Fsp3) is 0.0476. The van der Waals surface area contributed by atoms with E-state index in [4.69, 9.17) is 0 Å². The lowest BCUT2D eigenvalue weighted by Crippen LogP contribution is -2.12. The first-order valence-corrected chi connectivity index (χ1v) is 8.40. The van der Waals surface area contributed by atoms with Gasteiger partial charge in [-0.1, -0.05) is 23.8 Å². The molecule has 0 spiro atoms. The number of anilines is 1. The number of nitrogens with one attached hydrogen (secondary N) is 2. The number of fused-ring (bicyclic) bond motifs is 1. The molecule has 0 bridgehead atoms. The Hall–Kier alpha value is -3.80. The highest BCUT2D eigenvalue weighted by Gasteiger charge is 2.15. The van der Waals surface area contributed by atoms with Gasteiger partial charge in [-0.3, -0.25) is 4.79 Å². The van der Waals surface area contributed by atoms with Gasteiger partial charge in [-0.15, -0.1) is 0 Å². The van der Waals surface area contributed by atoms with E-state index in [1.165, 1.54) is 18.2 Å². The molecule has 6 heteroatoms. The maximum absolute atomic E-state index is 12.6. The number of para-hydroxylation sites is 2. The second-order valence-electron chi connectivity index (χ2n) is 6.31. The molecular formula is C21H17N3O3. The zero-order valence-electron chi connectivity index (χ0n) is 14.5. The van der Waals surface area contributed by atoms with Crippen LogP contribution in [0.15, 0.2) is 60.7 Å². The predicted molar refractivity (Wildman–Crippen MR) is 104 cm³/mol. The Morgan fingerprint density at radius 1 is 1.00 bits per heavy atom. The number of carbonyl (C=O) groups excluding carboxylic acids is 1. The molecule has 27 heavy (non-hydrogen) atoms. The molecule has 4 rings (SSSR count). The number of aromatic amines is 1. The number of aryl methyl sites for hydroxylation is 1. The lowest BCUT2D eigenvalue weighted by Gasteiger charge is -2.11. The van der Waals surface area contributed by atoms with Gasteiger partial charge in [0, 0.05) is 11.1 Å². The number of phenols is 2. The smallest absolute Gasteiger partial charge is 0.255 e. The van der Waals surface area contributed by atoms with Gasteiger partial charge in [-0.25, -0.2) is 4.98 Å². The highest BCUT2D eigenvalue weighted by atomic mass is 16.3. The normalized spacial score (nSPS) is 10.9. The fourth-order valence-corrected chi connectivity index (χ4v) is 2.90. The Bertz CT molecular complexity index is 1130. The largest absolute Gasteiger partial charge is 0.504 e. The Kier molecular flexibility index (Phi) is 4.01. The van der Waals surface area contributed by atoms with Crippen molar-refractivity contribution in [1.82, 2.24) is 9.97 Å². The lowest BCUT2D eigenvalue weighted by molar-refractivity contribution is 0.102. The van der Waals surface area contributed by atoms with Crippen molar-refractivity contribution in [3.8, 4) is 22.9 Å². The van der Waals surface area contributed by atoms with Crippen LogP contribution in [-0.4, -0.2) is 26.1 Å². The van der Waals surface area contributed by atoms with Gasteiger partial charge in [-0.2, -0.15) is 0 Å². The van der Waals surface area contributed by atoms with Crippen molar-refractivity contribution in [3.63, 3.8) is 0 Å². The van der Waals surface area contributed by atoms with Crippen molar-refractivity contribution in [1.29, 1.82) is 0 Å². The molecule has 4 aromatic rings. The first kappa shape index (κ1) is 16.7. The number of nitrogens with zero attached hydrogens (tertiary/aromatic N) is 1. The zero-order chi connectivity index (χ0) is 19.0. The summed E-state index contributed by atoms with van der Waals surface area (Å²) in [5, 5.41) is 21.9. The molecule has 0 aliphatic carbocycles. The van der Waals surface area contributed by atoms with Gasteiger partial charge in [0.15, 0.2) is 11.5 Å². The number of rotatable bonds is 3. The van der Waals surface area contributed by atoms with E-state index >= 15 is 0 Å². The Balaban J connectivity index is 1.73. The SMILES string of the molecule is Cc1ccc(NC(=O)c2ccc(O)c(O)c2)c(-c2nc3ccccc3[nH]2)c1. The third-order valence-electron chi connectivity index (χ3n) is 4.31. The van der Waals surface area contributed by atoms with E-state index in [0.29, 0.717) is 11.5 Å². The monoisotopic (exact) mass is 359 g/mol. The van der Waals surface area contributed by atoms with Gasteiger partial charge in [0.1, 0.15) is 5.82 Å². The number of carbonyl (C=O) groups is 1. The molecule has 134 valence electrons. The van der Waals surface area contributed by atoms with Crippen LogP contribution < -0.4 is 5.32 Å². The summed E-state index contributed by atoms with van der Waals surface area (Å²) in [6.45, 7) is 1.97. The summed E-state index contributed by atoms with van der Waals surface area (Å²) in [6, 6.07) is 17.3. The summed E-state index contributed by atoms with van der Waals surface area (Å²) in [5.41, 5.74) is 4.39. The number of amides is 1. The average Bonchev–Trinajstić information content (AvgIpc) is 3.09. The first-order valence-electron chi connectivity index (χ1n) is 8.40. The highest BCUT2D eigenvalue weighted by Crippen LogP contribution is 2.30. The number of phenolic OH excluding ortho intramolecular Hbond substituents is 2. The number of aromatic hydroxyl groups is 2. The highest BCUT2D eigenvalue weighted by molar-refractivity contribution is 6.06. The fourth-order valence-electron chi connectivity index (χ4n) is 2.90. The van der Waals surface area contributed by atoms with Gasteiger partial charge in [-0.05, 0) is 49.4 Å². The second kappa shape index (κ2) is 6.49. The van der Waals surface area contributed by atoms with Gasteiger partial charge in [0.2, 0.25) is 0 Å². The third kappa shape index (κ3) is 3.20. The standard InChI is InChI=1S/C21H17N3O3/c1-12-6-8-15(24-21(27)13-7-9-18(25)19(26)11-13)14(10-12)20-22-16-4-2-3-5-17(16)23-20/h2-11,25-26H,1H3,(H,22,23)(H,24,27). The molecule has 0 aliphatic rings. The molecule has 1 heterocycles. The summed E-state index contributed by atoms with van der Waals surface area (Å²) in [7, 11) is 0. The Morgan fingerprint density at radius 2 is 1.81 bits per heavy atom. The minimum Gasteiger partial charge on any atom is -0.504 e. The molecule has 0 unspecified atom stereocenters. The van der Waals surface area contributed by atoms with Gasteiger partial charge >= 0.3 is 0 Å². The molecule has 3 aromatic carbocycles. The van der Waals surface area contributed by atoms with E-state index in [9.17, 15) is 15.0 Å². The van der Waals surface area contributed by atoms with Crippen molar-refractivity contribution in [2.75, 3.05) is 5.32 Å². The third-order valence-corrected chi connectivity index (χ3v) is 4.31. The number of hydrogen-bond donors (Lipinski definition) is 4. The van der Waals surface area contributed by atoms with Crippen LogP contribution in [0.2, 0.25) is 0 Å². The molecule has 0 atom stereocenters. The zero-order valence-corrected chi connectivity index (χ0v) is 14.5. The van der Waals surface area contributed by atoms with Crippen LogP contribution in [0.25, 0.3) is 22.4 Å². The summed E-state index contributed by atoms with van der Waals surface area (Å²) in [6.07, 6.45) is 0. The number of H-pyrrole nitrogens is 1. The minimum atomic E-state index is -0.397. The van der Waals surface area contributed by atoms with E-state index in [-0.39, 0.29) is 17.1 Å². The van der Waals surface area contributed by atoms with Crippen molar-refractivity contribution in [2.45, 2.75) is 6.92 Å². The molecule has 0 fully saturated rings. The molecule has 0 aliphatic heterocycles. The molecule has 0 saturated heterocycles. The van der Waals surface area contributed by atoms with Crippen LogP contribution in [0.4, 0.5) is 5.69 Å². The number of benzene rings is 3. The maximum atomic E-state index is 12.6. The van der Waals surface area contributed by atoms with Crippen LogP contribution in [0.3, 0.4) is 0 Å². The molecule has 4 N–H and O–H groups in total. The van der Waals surface area contributed by atoms with Crippen LogP contribution in [-0.2, 0) is 0 Å². The molecule has 6 nitrogen and oxygen atoms in total. The summed E-state index contributed by atoms with van der Waals surface area (Å²) < 4.78 is 0. The van der Waals surface area contributed by atoms with E-state index in [1.54, 1.807) is 0 Å². The van der Waals surface area contributed by atoms with Crippen molar-refractivity contribution < 1.29 is 15.0 Å². The molecule has 0 saturated carbocycles. The first-order chi connectivity index (χ1) is 13.0. The number of hydrogen-bond acceptors (Lipinski definition) is 4. The lowest BCUT2D eigenvalue weighted by atomic mass is 10.1. The molecule has 1 aromatic heterocycles. The van der Waals surface area contributed by atoms with Crippen molar-refractivity contribution in [2.24, 2.45) is 0 Å². The van der Waals surface area contributed by atoms with Gasteiger partial charge in [0.05, 0.1) is 16.7 Å². The quantitative estimate of drug-likeness (QED) is 0.412. The Labute approximate surface area is 155 Å². The van der Waals surface area contributed by atoms with Crippen LogP contribution in [0.1, 0.15) is 15.9 Å². The number of imidazole rings is 1. The summed E-state index contributed by atoms with van der Waals surface area (Å²) in [4.78, 5) is 20.5. The van der Waals surface area contributed by atoms with Crippen molar-refractivity contribution >= 4 is 22.6 Å². The van der Waals surface area contributed by atoms with Crippen LogP contribution >= 0.6 is 0 Å². The predicted octanol–water partition coefficient (Wildman–Crippen LogP) is 4.20. The van der Waals surface area contributed by atoms with E-state index in [1.807, 2.05) is 49.4 Å². The van der Waals surface area contributed by atoms with Crippen molar-refractivity contribution in [3.05, 3.63) is 71.8 Å². The van der Waals surface area contributed by atoms with Gasteiger partial charge in [0.25, 0.3) is 5.91 Å². The van der Waals surface area contributed by atoms with E-state index < -0.39 is 5.91 Å². The van der Waals surface area contributed by atoms with Crippen LogP contribution in [0.5, 0.6) is 11.5 Å². The number of aromatic nitrogens is 2. The molecular weight excluding hydrogens is 342 g/mol. The van der Waals surface area contributed by atoms with Crippen LogP contribution in [0, 0.1) is 6.92 Å². The summed E-state index contributed by atoms with van der Waals surface area (Å²) >= 11 is 0. The second-order valence-corrected chi connectivity index (χ2v) is 6.31. The summed E-state index contributed by atoms with van der Waals surface area (Å²) in [5.74, 6) is -0.357. The topological polar surface area (TPSA) is 98.2 Å². The van der Waals surface area contributed by atoms with Gasteiger partial charge < -0.3 is 20.5 Å². The van der Waals surface area contributed by atoms with E-state index in [0.717, 1.165) is 22.2 Å². The van der Waals surface area contributed by atoms with E-state index in [2.05, 4.69) is 15.3 Å². The molecule has 0 radical (unpaired) electrons. The molecule has 1 amide bonds. The minimum absolute atomic E-state index is 0.237. The average molecular weight is 359 g/mol. The Morgan fingerprint density at radius 3 is 2.59 bits per heavy atom.